The van der Waals surface area contributed by atoms with Gasteiger partial charge in [-0.15, -0.1) is 0 Å². The smallest absolute Gasteiger partial charge is 0.236 e. The summed E-state index contributed by atoms with van der Waals surface area (Å²) < 4.78 is 27.2. The first-order chi connectivity index (χ1) is 9.04. The van der Waals surface area contributed by atoms with Gasteiger partial charge in [0.2, 0.25) is 10.0 Å². The summed E-state index contributed by atoms with van der Waals surface area (Å²) in [6, 6.07) is 5.90. The predicted octanol–water partition coefficient (Wildman–Crippen LogP) is 1.91. The number of hydrogen-bond donors (Lipinski definition) is 2. The van der Waals surface area contributed by atoms with Gasteiger partial charge in [-0.1, -0.05) is 12.1 Å². The lowest BCUT2D eigenvalue weighted by Crippen LogP contribution is -2.33. The summed E-state index contributed by atoms with van der Waals surface area (Å²) in [5.41, 5.74) is 3.22. The molecular formula is C14H22N2O2S. The van der Waals surface area contributed by atoms with Gasteiger partial charge in [0.05, 0.1) is 10.9 Å². The Morgan fingerprint density at radius 3 is 2.74 bits per heavy atom. The Morgan fingerprint density at radius 1 is 1.26 bits per heavy atom. The molecule has 4 nitrogen and oxygen atoms in total. The molecule has 19 heavy (non-hydrogen) atoms. The van der Waals surface area contributed by atoms with Crippen molar-refractivity contribution >= 4 is 15.7 Å². The molecule has 2 rings (SSSR count). The number of fused-ring (bicyclic) bond motifs is 1. The lowest BCUT2D eigenvalue weighted by Gasteiger charge is -2.21. The minimum absolute atomic E-state index is 0.447. The highest BCUT2D eigenvalue weighted by molar-refractivity contribution is 7.93. The van der Waals surface area contributed by atoms with Crippen LogP contribution in [-0.4, -0.2) is 27.3 Å². The summed E-state index contributed by atoms with van der Waals surface area (Å²) in [4.78, 5) is 0. The number of nitrogens with one attached hydrogen (secondary N) is 2. The van der Waals surface area contributed by atoms with Crippen molar-refractivity contribution < 1.29 is 8.42 Å². The maximum atomic E-state index is 12.2. The second-order valence-electron chi connectivity index (χ2n) is 5.17. The molecule has 0 spiro atoms. The third kappa shape index (κ3) is 3.28. The molecule has 106 valence electrons. The molecule has 2 N–H and O–H groups in total. The number of anilines is 1. The van der Waals surface area contributed by atoms with Crippen molar-refractivity contribution in [1.82, 2.24) is 5.32 Å². The zero-order valence-electron chi connectivity index (χ0n) is 11.6. The summed E-state index contributed by atoms with van der Waals surface area (Å²) in [5.74, 6) is 0. The maximum Gasteiger partial charge on any atom is 0.236 e. The van der Waals surface area contributed by atoms with Crippen molar-refractivity contribution in [3.05, 3.63) is 29.3 Å². The van der Waals surface area contributed by atoms with Gasteiger partial charge in [-0.05, 0) is 56.8 Å². The van der Waals surface area contributed by atoms with Gasteiger partial charge in [0.1, 0.15) is 0 Å². The average Bonchev–Trinajstić information content (AvgIpc) is 2.39. The van der Waals surface area contributed by atoms with Gasteiger partial charge in [0, 0.05) is 6.54 Å². The molecule has 0 heterocycles. The quantitative estimate of drug-likeness (QED) is 0.867. The molecule has 1 atom stereocenters. The van der Waals surface area contributed by atoms with Crippen molar-refractivity contribution in [1.29, 1.82) is 0 Å². The third-order valence-corrected chi connectivity index (χ3v) is 5.40. The number of hydrogen-bond acceptors (Lipinski definition) is 3. The predicted molar refractivity (Wildman–Crippen MR) is 79.0 cm³/mol. The Labute approximate surface area is 115 Å². The Morgan fingerprint density at radius 2 is 2.00 bits per heavy atom. The fourth-order valence-electron chi connectivity index (χ4n) is 2.53. The van der Waals surface area contributed by atoms with Crippen molar-refractivity contribution in [2.24, 2.45) is 0 Å². The molecule has 1 aliphatic rings. The highest BCUT2D eigenvalue weighted by Gasteiger charge is 2.22. The Bertz CT molecular complexity index is 540. The van der Waals surface area contributed by atoms with Gasteiger partial charge >= 0.3 is 0 Å². The molecule has 1 aromatic rings. The van der Waals surface area contributed by atoms with E-state index in [2.05, 4.69) is 16.1 Å². The Kier molecular flexibility index (Phi) is 4.47. The second-order valence-corrected chi connectivity index (χ2v) is 7.26. The van der Waals surface area contributed by atoms with Crippen LogP contribution >= 0.6 is 0 Å². The number of aryl methyl sites for hydroxylation is 1. The van der Waals surface area contributed by atoms with E-state index in [0.717, 1.165) is 24.9 Å². The summed E-state index contributed by atoms with van der Waals surface area (Å²) in [7, 11) is -1.56. The van der Waals surface area contributed by atoms with Crippen LogP contribution in [0.5, 0.6) is 0 Å². The molecule has 0 saturated carbocycles. The van der Waals surface area contributed by atoms with Crippen LogP contribution in [0.3, 0.4) is 0 Å². The van der Waals surface area contributed by atoms with Crippen molar-refractivity contribution in [3.8, 4) is 0 Å². The molecule has 0 amide bonds. The molecule has 0 saturated heterocycles. The molecule has 1 aromatic carbocycles. The van der Waals surface area contributed by atoms with Crippen LogP contribution in [0.2, 0.25) is 0 Å². The Hall–Kier alpha value is -1.07. The van der Waals surface area contributed by atoms with E-state index in [-0.39, 0.29) is 0 Å². The van der Waals surface area contributed by atoms with E-state index in [1.165, 1.54) is 17.5 Å². The lowest BCUT2D eigenvalue weighted by atomic mass is 9.91. The van der Waals surface area contributed by atoms with E-state index >= 15 is 0 Å². The summed E-state index contributed by atoms with van der Waals surface area (Å²) in [5, 5.41) is 2.46. The zero-order chi connectivity index (χ0) is 13.9. The van der Waals surface area contributed by atoms with Gasteiger partial charge in [-0.25, -0.2) is 8.42 Å². The molecule has 1 aliphatic carbocycles. The van der Waals surface area contributed by atoms with Gasteiger partial charge in [-0.3, -0.25) is 4.72 Å². The molecule has 1 unspecified atom stereocenters. The standard InChI is InChI=1S/C14H22N2O2S/c1-11(10-15-2)19(17,18)16-14-9-5-7-12-6-3-4-8-13(12)14/h5,7,9,11,15-16H,3-4,6,8,10H2,1-2H3. The number of sulfonamides is 1. The molecule has 0 aromatic heterocycles. The summed E-state index contributed by atoms with van der Waals surface area (Å²) >= 11 is 0. The first-order valence-corrected chi connectivity index (χ1v) is 8.36. The van der Waals surface area contributed by atoms with Crippen LogP contribution in [0, 0.1) is 0 Å². The maximum absolute atomic E-state index is 12.2. The van der Waals surface area contributed by atoms with Crippen molar-refractivity contribution in [3.63, 3.8) is 0 Å². The second kappa shape index (κ2) is 5.92. The minimum Gasteiger partial charge on any atom is -0.318 e. The molecular weight excluding hydrogens is 260 g/mol. The fraction of sp³-hybridized carbons (Fsp3) is 0.571. The fourth-order valence-corrected chi connectivity index (χ4v) is 3.61. The van der Waals surface area contributed by atoms with E-state index in [9.17, 15) is 8.42 Å². The Balaban J connectivity index is 2.24. The normalized spacial score (nSPS) is 16.7. The average molecular weight is 282 g/mol. The van der Waals surface area contributed by atoms with Gasteiger partial charge in [0.25, 0.3) is 0 Å². The van der Waals surface area contributed by atoms with Crippen LogP contribution in [0.15, 0.2) is 18.2 Å². The topological polar surface area (TPSA) is 58.2 Å². The van der Waals surface area contributed by atoms with E-state index in [1.807, 2.05) is 12.1 Å². The molecule has 0 fully saturated rings. The van der Waals surface area contributed by atoms with Crippen LogP contribution < -0.4 is 10.0 Å². The minimum atomic E-state index is -3.32. The third-order valence-electron chi connectivity index (χ3n) is 3.67. The lowest BCUT2D eigenvalue weighted by molar-refractivity contribution is 0.583. The van der Waals surface area contributed by atoms with E-state index < -0.39 is 15.3 Å². The first kappa shape index (κ1) is 14.3. The van der Waals surface area contributed by atoms with Crippen LogP contribution in [-0.2, 0) is 22.9 Å². The zero-order valence-corrected chi connectivity index (χ0v) is 12.4. The van der Waals surface area contributed by atoms with Crippen LogP contribution in [0.1, 0.15) is 30.9 Å². The highest BCUT2D eigenvalue weighted by Crippen LogP contribution is 2.28. The largest absolute Gasteiger partial charge is 0.318 e. The number of benzene rings is 1. The first-order valence-electron chi connectivity index (χ1n) is 6.81. The molecule has 0 aliphatic heterocycles. The van der Waals surface area contributed by atoms with Crippen LogP contribution in [0.25, 0.3) is 0 Å². The molecule has 0 bridgehead atoms. The van der Waals surface area contributed by atoms with Crippen LogP contribution in [0.4, 0.5) is 5.69 Å². The monoisotopic (exact) mass is 282 g/mol. The van der Waals surface area contributed by atoms with Gasteiger partial charge in [-0.2, -0.15) is 0 Å². The van der Waals surface area contributed by atoms with Gasteiger partial charge < -0.3 is 5.32 Å². The molecule has 0 radical (unpaired) electrons. The van der Waals surface area contributed by atoms with Crippen molar-refractivity contribution in [2.45, 2.75) is 37.9 Å². The molecule has 5 heteroatoms. The SMILES string of the molecule is CNCC(C)S(=O)(=O)Nc1cccc2c1CCCC2. The number of rotatable bonds is 5. The van der Waals surface area contributed by atoms with E-state index in [1.54, 1.807) is 14.0 Å². The van der Waals surface area contributed by atoms with E-state index in [0.29, 0.717) is 6.54 Å². The van der Waals surface area contributed by atoms with E-state index in [4.69, 9.17) is 0 Å². The van der Waals surface area contributed by atoms with Crippen molar-refractivity contribution in [2.75, 3.05) is 18.3 Å². The van der Waals surface area contributed by atoms with Gasteiger partial charge in [0.15, 0.2) is 0 Å². The summed E-state index contributed by atoms with van der Waals surface area (Å²) in [6.45, 7) is 2.17. The highest BCUT2D eigenvalue weighted by atomic mass is 32.2. The summed E-state index contributed by atoms with van der Waals surface area (Å²) in [6.07, 6.45) is 4.35.